The summed E-state index contributed by atoms with van der Waals surface area (Å²) in [6.45, 7) is 0.375. The van der Waals surface area contributed by atoms with Gasteiger partial charge in [0.15, 0.2) is 11.5 Å². The molecular weight excluding hydrogens is 416 g/mol. The highest BCUT2D eigenvalue weighted by Crippen LogP contribution is 2.29. The van der Waals surface area contributed by atoms with E-state index in [-0.39, 0.29) is 5.91 Å². The number of nitrogens with two attached hydrogens (primary N) is 1. The molecule has 0 fully saturated rings. The molecule has 0 aliphatic rings. The number of amides is 2. The lowest BCUT2D eigenvalue weighted by Crippen LogP contribution is -2.11. The van der Waals surface area contributed by atoms with Gasteiger partial charge < -0.3 is 20.5 Å². The van der Waals surface area contributed by atoms with Gasteiger partial charge in [-0.15, -0.1) is 0 Å². The van der Waals surface area contributed by atoms with Gasteiger partial charge in [0.2, 0.25) is 11.8 Å². The maximum atomic E-state index is 12.2. The highest BCUT2D eigenvalue weighted by Gasteiger charge is 2.06. The van der Waals surface area contributed by atoms with Crippen LogP contribution in [0.1, 0.15) is 21.5 Å². The molecule has 2 amide bonds. The van der Waals surface area contributed by atoms with Crippen molar-refractivity contribution in [3.8, 4) is 11.5 Å². The van der Waals surface area contributed by atoms with Gasteiger partial charge in [0.25, 0.3) is 0 Å². The Labute approximate surface area is 185 Å². The topological polar surface area (TPSA) is 90.6 Å². The standard InChI is InChI=1S/C24H21ClN2O4/c1-30-22-14-16(4-12-21(22)31-15-17-2-8-19(25)9-3-17)5-13-23(28)27-20-10-6-18(7-11-20)24(26)29/h2-14H,15H2,1H3,(H2,26,29)(H,27,28)/b13-5+. The third kappa shape index (κ3) is 6.35. The first-order valence-corrected chi connectivity index (χ1v) is 9.76. The third-order valence-electron chi connectivity index (χ3n) is 4.36. The van der Waals surface area contributed by atoms with Crippen molar-refractivity contribution in [3.05, 3.63) is 94.5 Å². The van der Waals surface area contributed by atoms with Crippen molar-refractivity contribution < 1.29 is 19.1 Å². The fourth-order valence-corrected chi connectivity index (χ4v) is 2.85. The van der Waals surface area contributed by atoms with Crippen LogP contribution in [0.5, 0.6) is 11.5 Å². The number of benzene rings is 3. The quantitative estimate of drug-likeness (QED) is 0.501. The van der Waals surface area contributed by atoms with E-state index in [2.05, 4.69) is 5.32 Å². The van der Waals surface area contributed by atoms with Gasteiger partial charge in [0, 0.05) is 22.3 Å². The molecule has 0 bridgehead atoms. The Morgan fingerprint density at radius 2 is 1.71 bits per heavy atom. The number of ether oxygens (including phenoxy) is 2. The number of methoxy groups -OCH3 is 1. The molecule has 7 heteroatoms. The molecule has 3 rings (SSSR count). The molecule has 31 heavy (non-hydrogen) atoms. The van der Waals surface area contributed by atoms with Gasteiger partial charge in [0.05, 0.1) is 7.11 Å². The summed E-state index contributed by atoms with van der Waals surface area (Å²) < 4.78 is 11.2. The van der Waals surface area contributed by atoms with Gasteiger partial charge in [-0.3, -0.25) is 9.59 Å². The van der Waals surface area contributed by atoms with E-state index in [0.29, 0.717) is 34.4 Å². The molecule has 3 aromatic carbocycles. The van der Waals surface area contributed by atoms with Crippen LogP contribution < -0.4 is 20.5 Å². The van der Waals surface area contributed by atoms with Crippen LogP contribution >= 0.6 is 11.6 Å². The highest BCUT2D eigenvalue weighted by molar-refractivity contribution is 6.30. The first kappa shape index (κ1) is 21.9. The predicted molar refractivity (Wildman–Crippen MR) is 121 cm³/mol. The molecule has 158 valence electrons. The monoisotopic (exact) mass is 436 g/mol. The second kappa shape index (κ2) is 10.3. The van der Waals surface area contributed by atoms with Crippen molar-refractivity contribution in [2.24, 2.45) is 5.73 Å². The zero-order valence-corrected chi connectivity index (χ0v) is 17.6. The van der Waals surface area contributed by atoms with Crippen LogP contribution in [0.2, 0.25) is 5.02 Å². The summed E-state index contributed by atoms with van der Waals surface area (Å²) in [6.07, 6.45) is 3.07. The lowest BCUT2D eigenvalue weighted by Gasteiger charge is -2.11. The first-order valence-electron chi connectivity index (χ1n) is 9.39. The molecule has 0 saturated heterocycles. The Morgan fingerprint density at radius 3 is 2.35 bits per heavy atom. The van der Waals surface area contributed by atoms with Crippen molar-refractivity contribution in [2.75, 3.05) is 12.4 Å². The Hall–Kier alpha value is -3.77. The van der Waals surface area contributed by atoms with E-state index in [0.717, 1.165) is 11.1 Å². The van der Waals surface area contributed by atoms with Crippen LogP contribution in [-0.2, 0) is 11.4 Å². The zero-order chi connectivity index (χ0) is 22.2. The summed E-state index contributed by atoms with van der Waals surface area (Å²) in [4.78, 5) is 23.2. The molecule has 0 aromatic heterocycles. The van der Waals surface area contributed by atoms with Crippen LogP contribution in [0, 0.1) is 0 Å². The maximum absolute atomic E-state index is 12.2. The molecule has 0 atom stereocenters. The molecule has 0 heterocycles. The minimum atomic E-state index is -0.521. The van der Waals surface area contributed by atoms with Gasteiger partial charge in [0.1, 0.15) is 6.61 Å². The number of hydrogen-bond acceptors (Lipinski definition) is 4. The van der Waals surface area contributed by atoms with Crippen LogP contribution in [0.4, 0.5) is 5.69 Å². The average Bonchev–Trinajstić information content (AvgIpc) is 2.78. The molecule has 0 spiro atoms. The average molecular weight is 437 g/mol. The van der Waals surface area contributed by atoms with E-state index < -0.39 is 5.91 Å². The number of nitrogens with one attached hydrogen (secondary N) is 1. The van der Waals surface area contributed by atoms with E-state index in [1.54, 1.807) is 49.6 Å². The van der Waals surface area contributed by atoms with Gasteiger partial charge in [-0.25, -0.2) is 0 Å². The second-order valence-corrected chi connectivity index (χ2v) is 7.03. The largest absolute Gasteiger partial charge is 0.493 e. The molecular formula is C24H21ClN2O4. The van der Waals surface area contributed by atoms with Crippen molar-refractivity contribution >= 4 is 35.2 Å². The molecule has 3 N–H and O–H groups in total. The number of primary amides is 1. The van der Waals surface area contributed by atoms with Crippen molar-refractivity contribution in [3.63, 3.8) is 0 Å². The number of carbonyl (C=O) groups excluding carboxylic acids is 2. The summed E-state index contributed by atoms with van der Waals surface area (Å²) in [5.41, 5.74) is 7.89. The smallest absolute Gasteiger partial charge is 0.248 e. The number of rotatable bonds is 8. The predicted octanol–water partition coefficient (Wildman–Crippen LogP) is 4.68. The molecule has 6 nitrogen and oxygen atoms in total. The number of anilines is 1. The minimum absolute atomic E-state index is 0.311. The van der Waals surface area contributed by atoms with Crippen LogP contribution in [0.3, 0.4) is 0 Å². The third-order valence-corrected chi connectivity index (χ3v) is 4.61. The zero-order valence-electron chi connectivity index (χ0n) is 16.8. The lowest BCUT2D eigenvalue weighted by molar-refractivity contribution is -0.111. The number of carbonyl (C=O) groups is 2. The fourth-order valence-electron chi connectivity index (χ4n) is 2.72. The summed E-state index contributed by atoms with van der Waals surface area (Å²) in [5.74, 6) is 0.313. The number of hydrogen-bond donors (Lipinski definition) is 2. The summed E-state index contributed by atoms with van der Waals surface area (Å²) in [6, 6.07) is 19.1. The van der Waals surface area contributed by atoms with E-state index in [1.807, 2.05) is 30.3 Å². The van der Waals surface area contributed by atoms with E-state index >= 15 is 0 Å². The van der Waals surface area contributed by atoms with E-state index in [4.69, 9.17) is 26.8 Å². The van der Waals surface area contributed by atoms with Crippen LogP contribution in [0.25, 0.3) is 6.08 Å². The molecule has 0 saturated carbocycles. The SMILES string of the molecule is COc1cc(/C=C/C(=O)Nc2ccc(C(N)=O)cc2)ccc1OCc1ccc(Cl)cc1. The Kier molecular flexibility index (Phi) is 7.30. The van der Waals surface area contributed by atoms with E-state index in [9.17, 15) is 9.59 Å². The normalized spacial score (nSPS) is 10.6. The van der Waals surface area contributed by atoms with Crippen LogP contribution in [-0.4, -0.2) is 18.9 Å². The van der Waals surface area contributed by atoms with Gasteiger partial charge >= 0.3 is 0 Å². The summed E-state index contributed by atoms with van der Waals surface area (Å²) >= 11 is 5.90. The molecule has 0 unspecified atom stereocenters. The second-order valence-electron chi connectivity index (χ2n) is 6.59. The molecule has 0 aliphatic heterocycles. The van der Waals surface area contributed by atoms with Crippen molar-refractivity contribution in [2.45, 2.75) is 6.61 Å². The van der Waals surface area contributed by atoms with Crippen LogP contribution in [0.15, 0.2) is 72.8 Å². The maximum Gasteiger partial charge on any atom is 0.248 e. The summed E-state index contributed by atoms with van der Waals surface area (Å²) in [5, 5.41) is 3.39. The Morgan fingerprint density at radius 1 is 1.00 bits per heavy atom. The number of halogens is 1. The van der Waals surface area contributed by atoms with Gasteiger partial charge in [-0.05, 0) is 65.7 Å². The fraction of sp³-hybridized carbons (Fsp3) is 0.0833. The summed E-state index contributed by atoms with van der Waals surface area (Å²) in [7, 11) is 1.56. The highest BCUT2D eigenvalue weighted by atomic mass is 35.5. The van der Waals surface area contributed by atoms with Gasteiger partial charge in [-0.2, -0.15) is 0 Å². The molecule has 0 aliphatic carbocycles. The van der Waals surface area contributed by atoms with Gasteiger partial charge in [-0.1, -0.05) is 29.8 Å². The Bertz CT molecular complexity index is 1090. The van der Waals surface area contributed by atoms with Crippen molar-refractivity contribution in [1.29, 1.82) is 0 Å². The Balaban J connectivity index is 1.61. The molecule has 3 aromatic rings. The first-order chi connectivity index (χ1) is 14.9. The van der Waals surface area contributed by atoms with E-state index in [1.165, 1.54) is 6.08 Å². The van der Waals surface area contributed by atoms with Crippen molar-refractivity contribution in [1.82, 2.24) is 0 Å². The minimum Gasteiger partial charge on any atom is -0.493 e. The molecule has 0 radical (unpaired) electrons. The lowest BCUT2D eigenvalue weighted by atomic mass is 10.1.